The van der Waals surface area contributed by atoms with E-state index in [1.165, 1.54) is 0 Å². The molecule has 2 aromatic rings. The molecule has 2 aromatic carbocycles. The quantitative estimate of drug-likeness (QED) is 0.891. The molecule has 0 aliphatic rings. The number of para-hydroxylation sites is 1. The fourth-order valence-electron chi connectivity index (χ4n) is 2.54. The summed E-state index contributed by atoms with van der Waals surface area (Å²) in [5.74, 6) is 1.62. The molecular formula is C19H23NO3. The molecule has 0 saturated heterocycles. The molecule has 4 nitrogen and oxygen atoms in total. The predicted octanol–water partition coefficient (Wildman–Crippen LogP) is 3.18. The molecule has 23 heavy (non-hydrogen) atoms. The maximum atomic E-state index is 12.2. The highest BCUT2D eigenvalue weighted by atomic mass is 16.5. The van der Waals surface area contributed by atoms with Crippen LogP contribution in [0.5, 0.6) is 11.5 Å². The van der Waals surface area contributed by atoms with E-state index in [0.29, 0.717) is 13.0 Å². The number of carbonyl (C=O) groups excluding carboxylic acids is 1. The van der Waals surface area contributed by atoms with E-state index in [4.69, 9.17) is 9.47 Å². The van der Waals surface area contributed by atoms with E-state index < -0.39 is 0 Å². The fourth-order valence-corrected chi connectivity index (χ4v) is 2.54. The zero-order chi connectivity index (χ0) is 16.8. The Balaban J connectivity index is 2.01. The van der Waals surface area contributed by atoms with Crippen LogP contribution < -0.4 is 14.8 Å². The van der Waals surface area contributed by atoms with Crippen molar-refractivity contribution < 1.29 is 14.3 Å². The SMILES string of the molecule is COc1cc(C)c(CC(=O)NCc2ccccc2OC)cc1C. The minimum absolute atomic E-state index is 0.0106. The van der Waals surface area contributed by atoms with Crippen LogP contribution in [0, 0.1) is 13.8 Å². The Morgan fingerprint density at radius 2 is 1.65 bits per heavy atom. The number of rotatable bonds is 6. The topological polar surface area (TPSA) is 47.6 Å². The first-order chi connectivity index (χ1) is 11.0. The predicted molar refractivity (Wildman–Crippen MR) is 91.0 cm³/mol. The van der Waals surface area contributed by atoms with Gasteiger partial charge in [0.2, 0.25) is 5.91 Å². The molecule has 0 heterocycles. The van der Waals surface area contributed by atoms with Gasteiger partial charge < -0.3 is 14.8 Å². The third kappa shape index (κ3) is 4.25. The number of aryl methyl sites for hydroxylation is 2. The van der Waals surface area contributed by atoms with E-state index in [1.807, 2.05) is 50.2 Å². The molecule has 0 bridgehead atoms. The largest absolute Gasteiger partial charge is 0.496 e. The number of ether oxygens (including phenoxy) is 2. The third-order valence-corrected chi connectivity index (χ3v) is 3.87. The number of benzene rings is 2. The monoisotopic (exact) mass is 313 g/mol. The highest BCUT2D eigenvalue weighted by Crippen LogP contribution is 2.23. The standard InChI is InChI=1S/C19H23NO3/c1-13-10-18(23-4)14(2)9-16(13)11-19(21)20-12-15-7-5-6-8-17(15)22-3/h5-10H,11-12H2,1-4H3,(H,20,21). The maximum absolute atomic E-state index is 12.2. The van der Waals surface area contributed by atoms with Crippen molar-refractivity contribution in [3.63, 3.8) is 0 Å². The molecule has 0 spiro atoms. The molecule has 4 heteroatoms. The molecule has 1 N–H and O–H groups in total. The second-order valence-corrected chi connectivity index (χ2v) is 5.51. The van der Waals surface area contributed by atoms with Crippen molar-refractivity contribution in [2.75, 3.05) is 14.2 Å². The lowest BCUT2D eigenvalue weighted by Crippen LogP contribution is -2.25. The van der Waals surface area contributed by atoms with E-state index in [0.717, 1.165) is 33.8 Å². The molecule has 1 amide bonds. The molecule has 0 aliphatic carbocycles. The van der Waals surface area contributed by atoms with E-state index in [-0.39, 0.29) is 5.91 Å². The van der Waals surface area contributed by atoms with Gasteiger partial charge in [-0.05, 0) is 42.7 Å². The number of methoxy groups -OCH3 is 2. The van der Waals surface area contributed by atoms with Crippen LogP contribution in [0.4, 0.5) is 0 Å². The second-order valence-electron chi connectivity index (χ2n) is 5.51. The normalized spacial score (nSPS) is 10.3. The number of amides is 1. The Bertz CT molecular complexity index is 695. The molecular weight excluding hydrogens is 290 g/mol. The Morgan fingerprint density at radius 3 is 2.35 bits per heavy atom. The summed E-state index contributed by atoms with van der Waals surface area (Å²) in [6.45, 7) is 4.43. The van der Waals surface area contributed by atoms with Crippen molar-refractivity contribution in [3.8, 4) is 11.5 Å². The Hall–Kier alpha value is -2.49. The van der Waals surface area contributed by atoms with E-state index in [9.17, 15) is 4.79 Å². The molecule has 0 aliphatic heterocycles. The molecule has 0 fully saturated rings. The van der Waals surface area contributed by atoms with Gasteiger partial charge in [-0.15, -0.1) is 0 Å². The lowest BCUT2D eigenvalue weighted by atomic mass is 10.0. The maximum Gasteiger partial charge on any atom is 0.224 e. The van der Waals surface area contributed by atoms with Crippen LogP contribution in [0.15, 0.2) is 36.4 Å². The summed E-state index contributed by atoms with van der Waals surface area (Å²) in [7, 11) is 3.28. The summed E-state index contributed by atoms with van der Waals surface area (Å²) in [6, 6.07) is 11.7. The first-order valence-electron chi connectivity index (χ1n) is 7.58. The van der Waals surface area contributed by atoms with Gasteiger partial charge in [0.15, 0.2) is 0 Å². The van der Waals surface area contributed by atoms with Crippen LogP contribution in [0.25, 0.3) is 0 Å². The average Bonchev–Trinajstić information content (AvgIpc) is 2.56. The first-order valence-corrected chi connectivity index (χ1v) is 7.58. The van der Waals surface area contributed by atoms with E-state index >= 15 is 0 Å². The molecule has 0 aromatic heterocycles. The van der Waals surface area contributed by atoms with Crippen LogP contribution in [-0.4, -0.2) is 20.1 Å². The summed E-state index contributed by atoms with van der Waals surface area (Å²) >= 11 is 0. The zero-order valence-corrected chi connectivity index (χ0v) is 14.1. The van der Waals surface area contributed by atoms with E-state index in [1.54, 1.807) is 14.2 Å². The summed E-state index contributed by atoms with van der Waals surface area (Å²) < 4.78 is 10.6. The smallest absolute Gasteiger partial charge is 0.224 e. The van der Waals surface area contributed by atoms with Crippen molar-refractivity contribution >= 4 is 5.91 Å². The van der Waals surface area contributed by atoms with Gasteiger partial charge in [-0.1, -0.05) is 24.3 Å². The van der Waals surface area contributed by atoms with Crippen LogP contribution in [-0.2, 0) is 17.8 Å². The minimum Gasteiger partial charge on any atom is -0.496 e. The molecule has 0 unspecified atom stereocenters. The van der Waals surface area contributed by atoms with Crippen molar-refractivity contribution in [3.05, 3.63) is 58.7 Å². The van der Waals surface area contributed by atoms with Gasteiger partial charge in [0.05, 0.1) is 20.6 Å². The molecule has 122 valence electrons. The number of carbonyl (C=O) groups is 1. The van der Waals surface area contributed by atoms with E-state index in [2.05, 4.69) is 5.32 Å². The van der Waals surface area contributed by atoms with Crippen LogP contribution >= 0.6 is 0 Å². The summed E-state index contributed by atoms with van der Waals surface area (Å²) in [4.78, 5) is 12.2. The fraction of sp³-hybridized carbons (Fsp3) is 0.316. The summed E-state index contributed by atoms with van der Waals surface area (Å²) in [5, 5.41) is 2.95. The molecule has 2 rings (SSSR count). The Labute approximate surface area is 137 Å². The average molecular weight is 313 g/mol. The molecule has 0 radical (unpaired) electrons. The lowest BCUT2D eigenvalue weighted by Gasteiger charge is -2.12. The van der Waals surface area contributed by atoms with Crippen LogP contribution in [0.2, 0.25) is 0 Å². The van der Waals surface area contributed by atoms with Crippen molar-refractivity contribution in [1.82, 2.24) is 5.32 Å². The third-order valence-electron chi connectivity index (χ3n) is 3.87. The summed E-state index contributed by atoms with van der Waals surface area (Å²) in [5.41, 5.74) is 4.07. The Morgan fingerprint density at radius 1 is 0.957 bits per heavy atom. The molecule has 0 atom stereocenters. The number of nitrogens with one attached hydrogen (secondary N) is 1. The summed E-state index contributed by atoms with van der Waals surface area (Å²) in [6.07, 6.45) is 0.353. The minimum atomic E-state index is -0.0106. The van der Waals surface area contributed by atoms with Gasteiger partial charge in [0, 0.05) is 12.1 Å². The highest BCUT2D eigenvalue weighted by molar-refractivity contribution is 5.79. The van der Waals surface area contributed by atoms with Gasteiger partial charge in [-0.2, -0.15) is 0 Å². The van der Waals surface area contributed by atoms with Gasteiger partial charge in [0.25, 0.3) is 0 Å². The first kappa shape index (κ1) is 16.9. The van der Waals surface area contributed by atoms with Crippen molar-refractivity contribution in [2.24, 2.45) is 0 Å². The zero-order valence-electron chi connectivity index (χ0n) is 14.1. The van der Waals surface area contributed by atoms with Crippen molar-refractivity contribution in [1.29, 1.82) is 0 Å². The van der Waals surface area contributed by atoms with Gasteiger partial charge in [0.1, 0.15) is 11.5 Å². The lowest BCUT2D eigenvalue weighted by molar-refractivity contribution is -0.120. The number of hydrogen-bond donors (Lipinski definition) is 1. The Kier molecular flexibility index (Phi) is 5.63. The van der Waals surface area contributed by atoms with Gasteiger partial charge in [-0.25, -0.2) is 0 Å². The van der Waals surface area contributed by atoms with Gasteiger partial charge in [-0.3, -0.25) is 4.79 Å². The van der Waals surface area contributed by atoms with Crippen LogP contribution in [0.3, 0.4) is 0 Å². The highest BCUT2D eigenvalue weighted by Gasteiger charge is 2.10. The number of hydrogen-bond acceptors (Lipinski definition) is 3. The molecule has 0 saturated carbocycles. The second kappa shape index (κ2) is 7.68. The van der Waals surface area contributed by atoms with Gasteiger partial charge >= 0.3 is 0 Å². The van der Waals surface area contributed by atoms with Crippen LogP contribution in [0.1, 0.15) is 22.3 Å². The van der Waals surface area contributed by atoms with Crippen molar-refractivity contribution in [2.45, 2.75) is 26.8 Å².